The lowest BCUT2D eigenvalue weighted by molar-refractivity contribution is 0.868. The first-order valence-electron chi connectivity index (χ1n) is 18.8. The van der Waals surface area contributed by atoms with Crippen molar-refractivity contribution in [3.05, 3.63) is 163 Å². The molecule has 0 aliphatic heterocycles. The molecular formula is C48H30N8. The molecule has 56 heavy (non-hydrogen) atoms. The Bertz CT molecular complexity index is 3390. The van der Waals surface area contributed by atoms with Crippen LogP contribution < -0.4 is 0 Å². The van der Waals surface area contributed by atoms with Crippen LogP contribution in [-0.2, 0) is 6.42 Å². The summed E-state index contributed by atoms with van der Waals surface area (Å²) in [6.07, 6.45) is 13.9. The Labute approximate surface area is 320 Å². The minimum atomic E-state index is 0.630. The van der Waals surface area contributed by atoms with E-state index >= 15 is 0 Å². The highest BCUT2D eigenvalue weighted by atomic mass is 15.1. The zero-order chi connectivity index (χ0) is 36.7. The van der Waals surface area contributed by atoms with Gasteiger partial charge < -0.3 is 0 Å². The molecule has 8 nitrogen and oxygen atoms in total. The Morgan fingerprint density at radius 3 is 1.57 bits per heavy atom. The molecular weight excluding hydrogens is 689 g/mol. The number of benzene rings is 5. The second-order valence-corrected chi connectivity index (χ2v) is 14.2. The fourth-order valence-corrected chi connectivity index (χ4v) is 8.84. The van der Waals surface area contributed by atoms with Crippen molar-refractivity contribution >= 4 is 71.4 Å². The standard InChI is InChI=1S/C48H30N8/c1-5-13-38-30(9-1)31-10-2-6-14-39(31)55(38)42-23-27-51-47(53-42)36-21-25-49-45-34(36)19-17-29-18-20-35-37(22-26-50-46(35)44(29)45)48-52-28-24-43(54-48)56-40-15-7-3-11-32(40)33-12-4-8-16-41(33)56/h1-7,9-15,17-28H,8,16H2. The zero-order valence-electron chi connectivity index (χ0n) is 30.0. The van der Waals surface area contributed by atoms with Crippen LogP contribution in [0, 0.1) is 0 Å². The molecule has 6 heterocycles. The van der Waals surface area contributed by atoms with Crippen LogP contribution in [0.25, 0.3) is 106 Å². The predicted octanol–water partition coefficient (Wildman–Crippen LogP) is 10.9. The van der Waals surface area contributed by atoms with Crippen LogP contribution in [0.1, 0.15) is 17.7 Å². The van der Waals surface area contributed by atoms with Crippen LogP contribution in [0.2, 0.25) is 0 Å². The van der Waals surface area contributed by atoms with Gasteiger partial charge >= 0.3 is 0 Å². The molecule has 5 aromatic carbocycles. The molecule has 0 radical (unpaired) electrons. The van der Waals surface area contributed by atoms with E-state index in [1.165, 1.54) is 27.4 Å². The largest absolute Gasteiger partial charge is 0.297 e. The van der Waals surface area contributed by atoms with Crippen molar-refractivity contribution in [2.75, 3.05) is 0 Å². The summed E-state index contributed by atoms with van der Waals surface area (Å²) in [5, 5.41) is 7.55. The maximum atomic E-state index is 5.22. The van der Waals surface area contributed by atoms with Gasteiger partial charge in [-0.1, -0.05) is 91.0 Å². The highest BCUT2D eigenvalue weighted by Crippen LogP contribution is 2.38. The molecule has 0 spiro atoms. The third-order valence-corrected chi connectivity index (χ3v) is 11.3. The van der Waals surface area contributed by atoms with Crippen molar-refractivity contribution in [2.45, 2.75) is 12.8 Å². The van der Waals surface area contributed by atoms with E-state index in [2.05, 4.69) is 118 Å². The number of allylic oxidation sites excluding steroid dienone is 1. The number of rotatable bonds is 4. The van der Waals surface area contributed by atoms with Crippen LogP contribution in [-0.4, -0.2) is 39.0 Å². The van der Waals surface area contributed by atoms with Crippen molar-refractivity contribution in [1.82, 2.24) is 39.0 Å². The molecule has 0 unspecified atom stereocenters. The molecule has 1 aliphatic rings. The summed E-state index contributed by atoms with van der Waals surface area (Å²) in [7, 11) is 0. The smallest absolute Gasteiger partial charge is 0.162 e. The van der Waals surface area contributed by atoms with Gasteiger partial charge in [0.05, 0.1) is 27.6 Å². The number of hydrogen-bond donors (Lipinski definition) is 0. The van der Waals surface area contributed by atoms with Gasteiger partial charge in [-0.2, -0.15) is 0 Å². The first-order chi connectivity index (χ1) is 27.8. The zero-order valence-corrected chi connectivity index (χ0v) is 30.0. The molecule has 0 amide bonds. The highest BCUT2D eigenvalue weighted by molar-refractivity contribution is 6.21. The molecule has 0 fully saturated rings. The van der Waals surface area contributed by atoms with Crippen LogP contribution in [0.3, 0.4) is 0 Å². The molecule has 262 valence electrons. The fraction of sp³-hybridized carbons (Fsp3) is 0.0417. The molecule has 0 bridgehead atoms. The van der Waals surface area contributed by atoms with Crippen LogP contribution in [0.15, 0.2) is 152 Å². The summed E-state index contributed by atoms with van der Waals surface area (Å²) in [5.74, 6) is 2.94. The third-order valence-electron chi connectivity index (χ3n) is 11.3. The Balaban J connectivity index is 1.02. The summed E-state index contributed by atoms with van der Waals surface area (Å²) in [6, 6.07) is 42.0. The lowest BCUT2D eigenvalue weighted by atomic mass is 9.98. The lowest BCUT2D eigenvalue weighted by Gasteiger charge is -2.14. The maximum Gasteiger partial charge on any atom is 0.162 e. The van der Waals surface area contributed by atoms with Gasteiger partial charge in [0, 0.05) is 79.5 Å². The van der Waals surface area contributed by atoms with E-state index in [9.17, 15) is 0 Å². The highest BCUT2D eigenvalue weighted by Gasteiger charge is 2.21. The number of nitrogens with zero attached hydrogens (tertiary/aromatic N) is 8. The van der Waals surface area contributed by atoms with Crippen molar-refractivity contribution in [2.24, 2.45) is 0 Å². The number of fused-ring (bicyclic) bond motifs is 11. The number of para-hydroxylation sites is 3. The summed E-state index contributed by atoms with van der Waals surface area (Å²) in [5.41, 5.74) is 9.41. The van der Waals surface area contributed by atoms with Gasteiger partial charge in [-0.3, -0.25) is 19.1 Å². The van der Waals surface area contributed by atoms with Crippen LogP contribution >= 0.6 is 0 Å². The number of pyridine rings is 2. The Morgan fingerprint density at radius 2 is 0.964 bits per heavy atom. The van der Waals surface area contributed by atoms with E-state index < -0.39 is 0 Å². The molecule has 0 saturated heterocycles. The minimum absolute atomic E-state index is 0.630. The van der Waals surface area contributed by atoms with Gasteiger partial charge in [0.15, 0.2) is 11.6 Å². The molecule has 12 rings (SSSR count). The van der Waals surface area contributed by atoms with Crippen LogP contribution in [0.5, 0.6) is 0 Å². The van der Waals surface area contributed by atoms with E-state index in [0.717, 1.165) is 84.7 Å². The normalized spacial score (nSPS) is 12.8. The van der Waals surface area contributed by atoms with E-state index in [1.54, 1.807) is 0 Å². The van der Waals surface area contributed by atoms with Crippen molar-refractivity contribution in [3.63, 3.8) is 0 Å². The lowest BCUT2D eigenvalue weighted by Crippen LogP contribution is -2.06. The van der Waals surface area contributed by atoms with Gasteiger partial charge in [0.1, 0.15) is 11.6 Å². The average Bonchev–Trinajstić information content (AvgIpc) is 3.79. The first-order valence-corrected chi connectivity index (χ1v) is 18.8. The van der Waals surface area contributed by atoms with Crippen molar-refractivity contribution in [3.8, 4) is 34.4 Å². The number of aromatic nitrogens is 8. The quantitative estimate of drug-likeness (QED) is 0.168. The van der Waals surface area contributed by atoms with E-state index in [0.29, 0.717) is 11.6 Å². The van der Waals surface area contributed by atoms with Crippen molar-refractivity contribution in [1.29, 1.82) is 0 Å². The molecule has 0 atom stereocenters. The first kappa shape index (κ1) is 30.8. The second kappa shape index (κ2) is 12.0. The molecule has 0 N–H and O–H groups in total. The van der Waals surface area contributed by atoms with E-state index in [4.69, 9.17) is 29.9 Å². The molecule has 0 saturated carbocycles. The fourth-order valence-electron chi connectivity index (χ4n) is 8.84. The Morgan fingerprint density at radius 1 is 0.446 bits per heavy atom. The molecule has 1 aliphatic carbocycles. The number of hydrogen-bond acceptors (Lipinski definition) is 6. The van der Waals surface area contributed by atoms with Gasteiger partial charge in [0.25, 0.3) is 0 Å². The maximum absolute atomic E-state index is 5.22. The van der Waals surface area contributed by atoms with Crippen LogP contribution in [0.4, 0.5) is 0 Å². The summed E-state index contributed by atoms with van der Waals surface area (Å²) < 4.78 is 4.52. The summed E-state index contributed by atoms with van der Waals surface area (Å²) >= 11 is 0. The molecule has 11 aromatic rings. The van der Waals surface area contributed by atoms with Gasteiger partial charge in [-0.15, -0.1) is 0 Å². The third kappa shape index (κ3) is 4.47. The summed E-state index contributed by atoms with van der Waals surface area (Å²) in [6.45, 7) is 0. The van der Waals surface area contributed by atoms with Gasteiger partial charge in [-0.05, 0) is 60.7 Å². The summed E-state index contributed by atoms with van der Waals surface area (Å²) in [4.78, 5) is 30.0. The topological polar surface area (TPSA) is 87.2 Å². The van der Waals surface area contributed by atoms with E-state index in [1.807, 2.05) is 49.1 Å². The van der Waals surface area contributed by atoms with Crippen molar-refractivity contribution < 1.29 is 0 Å². The predicted molar refractivity (Wildman–Crippen MR) is 225 cm³/mol. The average molecular weight is 719 g/mol. The molecule has 8 heteroatoms. The monoisotopic (exact) mass is 718 g/mol. The van der Waals surface area contributed by atoms with Gasteiger partial charge in [0.2, 0.25) is 0 Å². The Kier molecular flexibility index (Phi) is 6.59. The minimum Gasteiger partial charge on any atom is -0.297 e. The van der Waals surface area contributed by atoms with E-state index in [-0.39, 0.29) is 0 Å². The van der Waals surface area contributed by atoms with Gasteiger partial charge in [-0.25, -0.2) is 19.9 Å². The second-order valence-electron chi connectivity index (χ2n) is 14.2. The SMILES string of the molecule is C1=Cc2c(n(-c3ccnc(-c4ccnc5c4ccc4ccc6c(-c7nccc(-n8c9ccccc9c9ccccc98)n7)ccnc6c45)n3)c3ccccc23)CC1. The Hall–Kier alpha value is -7.58. The molecule has 6 aromatic heterocycles.